The van der Waals surface area contributed by atoms with Gasteiger partial charge >= 0.3 is 0 Å². The van der Waals surface area contributed by atoms with Crippen LogP contribution in [-0.2, 0) is 0 Å². The Balaban J connectivity index is 1.82. The molecule has 4 unspecified atom stereocenters. The highest BCUT2D eigenvalue weighted by Gasteiger charge is 2.29. The van der Waals surface area contributed by atoms with Gasteiger partial charge in [-0.15, -0.1) is 0 Å². The van der Waals surface area contributed by atoms with E-state index in [1.54, 1.807) is 0 Å². The van der Waals surface area contributed by atoms with Crippen molar-refractivity contribution in [2.45, 2.75) is 58.4 Å². The Labute approximate surface area is 107 Å². The molecule has 2 aliphatic rings. The van der Waals surface area contributed by atoms with Crippen LogP contribution in [-0.4, -0.2) is 30.6 Å². The topological polar surface area (TPSA) is 29.3 Å². The molecule has 1 heterocycles. The SMILES string of the molecule is CCC1CCCN(CC2CC(C)CCC2N)C1. The Kier molecular flexibility index (Phi) is 4.87. The fourth-order valence-electron chi connectivity index (χ4n) is 3.71. The van der Waals surface area contributed by atoms with E-state index in [2.05, 4.69) is 18.7 Å². The molecular weight excluding hydrogens is 208 g/mol. The van der Waals surface area contributed by atoms with Gasteiger partial charge < -0.3 is 10.6 Å². The van der Waals surface area contributed by atoms with E-state index in [1.807, 2.05) is 0 Å². The Morgan fingerprint density at radius 3 is 2.82 bits per heavy atom. The minimum absolute atomic E-state index is 0.466. The van der Waals surface area contributed by atoms with E-state index >= 15 is 0 Å². The molecule has 1 saturated heterocycles. The number of rotatable bonds is 3. The molecule has 2 rings (SSSR count). The summed E-state index contributed by atoms with van der Waals surface area (Å²) >= 11 is 0. The summed E-state index contributed by atoms with van der Waals surface area (Å²) in [7, 11) is 0. The van der Waals surface area contributed by atoms with Crippen LogP contribution in [0.15, 0.2) is 0 Å². The van der Waals surface area contributed by atoms with Gasteiger partial charge in [0.1, 0.15) is 0 Å². The van der Waals surface area contributed by atoms with Gasteiger partial charge in [-0.3, -0.25) is 0 Å². The highest BCUT2D eigenvalue weighted by atomic mass is 15.1. The van der Waals surface area contributed by atoms with Crippen LogP contribution in [0, 0.1) is 17.8 Å². The Morgan fingerprint density at radius 2 is 2.06 bits per heavy atom. The Morgan fingerprint density at radius 1 is 1.24 bits per heavy atom. The molecule has 0 aromatic heterocycles. The first-order chi connectivity index (χ1) is 8.19. The molecule has 1 saturated carbocycles. The molecule has 0 radical (unpaired) electrons. The quantitative estimate of drug-likeness (QED) is 0.819. The monoisotopic (exact) mass is 238 g/mol. The predicted molar refractivity (Wildman–Crippen MR) is 73.9 cm³/mol. The second kappa shape index (κ2) is 6.19. The summed E-state index contributed by atoms with van der Waals surface area (Å²) in [6, 6.07) is 0.466. The van der Waals surface area contributed by atoms with Gasteiger partial charge in [0.05, 0.1) is 0 Å². The third kappa shape index (κ3) is 3.69. The molecule has 2 fully saturated rings. The van der Waals surface area contributed by atoms with Gasteiger partial charge in [0.25, 0.3) is 0 Å². The number of nitrogens with zero attached hydrogens (tertiary/aromatic N) is 1. The number of hydrogen-bond acceptors (Lipinski definition) is 2. The highest BCUT2D eigenvalue weighted by Crippen LogP contribution is 2.30. The minimum atomic E-state index is 0.466. The van der Waals surface area contributed by atoms with Gasteiger partial charge in [0, 0.05) is 19.1 Å². The smallest absolute Gasteiger partial charge is 0.00795 e. The van der Waals surface area contributed by atoms with Crippen molar-refractivity contribution in [2.75, 3.05) is 19.6 Å². The summed E-state index contributed by atoms with van der Waals surface area (Å²) in [6.07, 6.45) is 8.14. The molecule has 0 aromatic rings. The van der Waals surface area contributed by atoms with E-state index < -0.39 is 0 Å². The molecule has 4 atom stereocenters. The Hall–Kier alpha value is -0.0800. The van der Waals surface area contributed by atoms with Crippen molar-refractivity contribution in [3.8, 4) is 0 Å². The first-order valence-electron chi connectivity index (χ1n) is 7.67. The molecule has 0 amide bonds. The molecule has 2 heteroatoms. The number of hydrogen-bond donors (Lipinski definition) is 1. The average molecular weight is 238 g/mol. The first-order valence-corrected chi connectivity index (χ1v) is 7.67. The third-order valence-corrected chi connectivity index (χ3v) is 4.98. The molecule has 2 nitrogen and oxygen atoms in total. The minimum Gasteiger partial charge on any atom is -0.327 e. The zero-order valence-corrected chi connectivity index (χ0v) is 11.7. The van der Waals surface area contributed by atoms with Gasteiger partial charge in [0.15, 0.2) is 0 Å². The second-order valence-electron chi connectivity index (χ2n) is 6.52. The van der Waals surface area contributed by atoms with E-state index in [0.717, 1.165) is 17.8 Å². The van der Waals surface area contributed by atoms with Gasteiger partial charge in [-0.05, 0) is 56.4 Å². The molecular formula is C15H30N2. The van der Waals surface area contributed by atoms with Crippen molar-refractivity contribution >= 4 is 0 Å². The Bertz CT molecular complexity index is 229. The van der Waals surface area contributed by atoms with Crippen molar-refractivity contribution in [2.24, 2.45) is 23.5 Å². The van der Waals surface area contributed by atoms with Crippen LogP contribution in [0.4, 0.5) is 0 Å². The third-order valence-electron chi connectivity index (χ3n) is 4.98. The molecule has 17 heavy (non-hydrogen) atoms. The fourth-order valence-corrected chi connectivity index (χ4v) is 3.71. The molecule has 0 bridgehead atoms. The zero-order chi connectivity index (χ0) is 12.3. The molecule has 0 aromatic carbocycles. The van der Waals surface area contributed by atoms with E-state index in [4.69, 9.17) is 5.73 Å². The summed E-state index contributed by atoms with van der Waals surface area (Å²) in [6.45, 7) is 8.64. The highest BCUT2D eigenvalue weighted by molar-refractivity contribution is 4.84. The fraction of sp³-hybridized carbons (Fsp3) is 1.00. The van der Waals surface area contributed by atoms with E-state index in [9.17, 15) is 0 Å². The van der Waals surface area contributed by atoms with Crippen molar-refractivity contribution in [1.29, 1.82) is 0 Å². The van der Waals surface area contributed by atoms with Crippen LogP contribution in [0.25, 0.3) is 0 Å². The van der Waals surface area contributed by atoms with Crippen molar-refractivity contribution in [3.63, 3.8) is 0 Å². The maximum absolute atomic E-state index is 6.30. The predicted octanol–water partition coefficient (Wildman–Crippen LogP) is 2.87. The molecule has 2 N–H and O–H groups in total. The lowest BCUT2D eigenvalue weighted by Crippen LogP contribution is -2.45. The summed E-state index contributed by atoms with van der Waals surface area (Å²) in [5.74, 6) is 2.60. The van der Waals surface area contributed by atoms with Crippen LogP contribution < -0.4 is 5.73 Å². The lowest BCUT2D eigenvalue weighted by molar-refractivity contribution is 0.116. The first kappa shape index (κ1) is 13.4. The van der Waals surface area contributed by atoms with Crippen molar-refractivity contribution in [3.05, 3.63) is 0 Å². The van der Waals surface area contributed by atoms with E-state index in [0.29, 0.717) is 6.04 Å². The van der Waals surface area contributed by atoms with Gasteiger partial charge in [-0.2, -0.15) is 0 Å². The summed E-state index contributed by atoms with van der Waals surface area (Å²) in [5, 5.41) is 0. The number of nitrogens with two attached hydrogens (primary N) is 1. The van der Waals surface area contributed by atoms with Crippen LogP contribution in [0.1, 0.15) is 52.4 Å². The summed E-state index contributed by atoms with van der Waals surface area (Å²) in [4.78, 5) is 2.69. The van der Waals surface area contributed by atoms with Crippen LogP contribution in [0.5, 0.6) is 0 Å². The maximum Gasteiger partial charge on any atom is 0.00795 e. The number of likely N-dealkylation sites (tertiary alicyclic amines) is 1. The maximum atomic E-state index is 6.30. The standard InChI is InChI=1S/C15H30N2/c1-3-13-5-4-8-17(10-13)11-14-9-12(2)6-7-15(14)16/h12-15H,3-11,16H2,1-2H3. The molecule has 100 valence electrons. The van der Waals surface area contributed by atoms with Crippen LogP contribution >= 0.6 is 0 Å². The largest absolute Gasteiger partial charge is 0.327 e. The molecule has 1 aliphatic carbocycles. The van der Waals surface area contributed by atoms with Crippen LogP contribution in [0.2, 0.25) is 0 Å². The summed E-state index contributed by atoms with van der Waals surface area (Å²) in [5.41, 5.74) is 6.30. The average Bonchev–Trinajstić information content (AvgIpc) is 2.34. The van der Waals surface area contributed by atoms with E-state index in [1.165, 1.54) is 58.2 Å². The summed E-state index contributed by atoms with van der Waals surface area (Å²) < 4.78 is 0. The van der Waals surface area contributed by atoms with Crippen LogP contribution in [0.3, 0.4) is 0 Å². The lowest BCUT2D eigenvalue weighted by atomic mass is 9.78. The number of piperidine rings is 1. The van der Waals surface area contributed by atoms with E-state index in [-0.39, 0.29) is 0 Å². The van der Waals surface area contributed by atoms with Crippen molar-refractivity contribution in [1.82, 2.24) is 4.90 Å². The van der Waals surface area contributed by atoms with Gasteiger partial charge in [-0.1, -0.05) is 20.3 Å². The molecule has 1 aliphatic heterocycles. The lowest BCUT2D eigenvalue weighted by Gasteiger charge is -2.39. The van der Waals surface area contributed by atoms with Crippen molar-refractivity contribution < 1.29 is 0 Å². The normalized spacial score (nSPS) is 40.4. The molecule has 0 spiro atoms. The second-order valence-corrected chi connectivity index (χ2v) is 6.52. The van der Waals surface area contributed by atoms with Gasteiger partial charge in [-0.25, -0.2) is 0 Å². The van der Waals surface area contributed by atoms with Gasteiger partial charge in [0.2, 0.25) is 0 Å². The zero-order valence-electron chi connectivity index (χ0n) is 11.7.